The summed E-state index contributed by atoms with van der Waals surface area (Å²) < 4.78 is 5.22. The Morgan fingerprint density at radius 1 is 1.11 bits per heavy atom. The molecule has 4 nitrogen and oxygen atoms in total. The summed E-state index contributed by atoms with van der Waals surface area (Å²) in [5.41, 5.74) is 3.66. The van der Waals surface area contributed by atoms with Gasteiger partial charge in [0.05, 0.1) is 13.2 Å². The van der Waals surface area contributed by atoms with E-state index in [1.165, 1.54) is 11.3 Å². The Morgan fingerprint density at radius 3 is 2.30 bits per heavy atom. The standard InChI is InChI=1S/C23H30N2O2/c1-4-22(18-7-11-21(27-3)12-8-18)24-23(26)19-13-15-25(16-14-19)20-9-5-17(2)6-10-20/h5-12,19,22H,4,13-16H2,1-3H3,(H,24,26)/t22-/m0/s1. The Morgan fingerprint density at radius 2 is 1.74 bits per heavy atom. The number of anilines is 1. The Balaban J connectivity index is 1.55. The normalized spacial score (nSPS) is 16.0. The highest BCUT2D eigenvalue weighted by Gasteiger charge is 2.26. The van der Waals surface area contributed by atoms with E-state index in [0.29, 0.717) is 0 Å². The van der Waals surface area contributed by atoms with Crippen LogP contribution in [0.5, 0.6) is 5.75 Å². The van der Waals surface area contributed by atoms with Crippen LogP contribution in [-0.4, -0.2) is 26.1 Å². The zero-order chi connectivity index (χ0) is 19.2. The highest BCUT2D eigenvalue weighted by molar-refractivity contribution is 5.79. The summed E-state index contributed by atoms with van der Waals surface area (Å²) in [5.74, 6) is 1.11. The van der Waals surface area contributed by atoms with Crippen LogP contribution in [-0.2, 0) is 4.79 Å². The number of nitrogens with one attached hydrogen (secondary N) is 1. The van der Waals surface area contributed by atoms with Gasteiger partial charge in [-0.25, -0.2) is 0 Å². The first-order chi connectivity index (χ1) is 13.1. The maximum absolute atomic E-state index is 12.8. The molecule has 1 heterocycles. The van der Waals surface area contributed by atoms with Gasteiger partial charge in [-0.3, -0.25) is 4.79 Å². The number of nitrogens with zero attached hydrogens (tertiary/aromatic N) is 1. The molecule has 1 saturated heterocycles. The number of carbonyl (C=O) groups is 1. The van der Waals surface area contributed by atoms with Crippen LogP contribution >= 0.6 is 0 Å². The van der Waals surface area contributed by atoms with Crippen molar-refractivity contribution in [2.45, 2.75) is 39.2 Å². The van der Waals surface area contributed by atoms with Gasteiger partial charge < -0.3 is 15.0 Å². The number of aryl methyl sites for hydroxylation is 1. The van der Waals surface area contributed by atoms with Gasteiger partial charge >= 0.3 is 0 Å². The van der Waals surface area contributed by atoms with Gasteiger partial charge in [0.15, 0.2) is 0 Å². The van der Waals surface area contributed by atoms with E-state index in [-0.39, 0.29) is 17.9 Å². The first kappa shape index (κ1) is 19.3. The van der Waals surface area contributed by atoms with Gasteiger partial charge in [-0.05, 0) is 56.0 Å². The number of piperidine rings is 1. The van der Waals surface area contributed by atoms with E-state index < -0.39 is 0 Å². The van der Waals surface area contributed by atoms with Crippen molar-refractivity contribution < 1.29 is 9.53 Å². The van der Waals surface area contributed by atoms with Gasteiger partial charge in [-0.2, -0.15) is 0 Å². The van der Waals surface area contributed by atoms with Crippen LogP contribution in [0.1, 0.15) is 43.4 Å². The van der Waals surface area contributed by atoms with Gasteiger partial charge in [0.1, 0.15) is 5.75 Å². The number of rotatable bonds is 6. The Labute approximate surface area is 162 Å². The summed E-state index contributed by atoms with van der Waals surface area (Å²) in [6.07, 6.45) is 2.68. The fourth-order valence-electron chi connectivity index (χ4n) is 3.70. The van der Waals surface area contributed by atoms with Gasteiger partial charge in [0.2, 0.25) is 5.91 Å². The zero-order valence-corrected chi connectivity index (χ0v) is 16.6. The molecule has 0 bridgehead atoms. The summed E-state index contributed by atoms with van der Waals surface area (Å²) in [4.78, 5) is 15.2. The van der Waals surface area contributed by atoms with E-state index in [9.17, 15) is 4.79 Å². The minimum Gasteiger partial charge on any atom is -0.497 e. The van der Waals surface area contributed by atoms with Crippen molar-refractivity contribution in [2.75, 3.05) is 25.1 Å². The number of amides is 1. The van der Waals surface area contributed by atoms with Gasteiger partial charge in [-0.1, -0.05) is 36.8 Å². The largest absolute Gasteiger partial charge is 0.497 e. The lowest BCUT2D eigenvalue weighted by atomic mass is 9.94. The van der Waals surface area contributed by atoms with E-state index in [1.807, 2.05) is 24.3 Å². The van der Waals surface area contributed by atoms with Crippen molar-refractivity contribution in [1.29, 1.82) is 0 Å². The maximum Gasteiger partial charge on any atom is 0.223 e. The number of carbonyl (C=O) groups excluding carboxylic acids is 1. The van der Waals surface area contributed by atoms with Crippen LogP contribution in [0.15, 0.2) is 48.5 Å². The second-order valence-corrected chi connectivity index (χ2v) is 7.34. The fourth-order valence-corrected chi connectivity index (χ4v) is 3.70. The molecule has 0 aliphatic carbocycles. The second-order valence-electron chi connectivity index (χ2n) is 7.34. The van der Waals surface area contributed by atoms with Crippen LogP contribution in [0.25, 0.3) is 0 Å². The minimum atomic E-state index is 0.0542. The van der Waals surface area contributed by atoms with E-state index in [0.717, 1.165) is 43.7 Å². The predicted molar refractivity (Wildman–Crippen MR) is 110 cm³/mol. The summed E-state index contributed by atoms with van der Waals surface area (Å²) in [6.45, 7) is 6.07. The van der Waals surface area contributed by atoms with Crippen LogP contribution in [0.4, 0.5) is 5.69 Å². The number of benzene rings is 2. The molecule has 1 fully saturated rings. The van der Waals surface area contributed by atoms with Crippen molar-refractivity contribution in [2.24, 2.45) is 5.92 Å². The third kappa shape index (κ3) is 4.82. The van der Waals surface area contributed by atoms with Crippen molar-refractivity contribution in [3.63, 3.8) is 0 Å². The summed E-state index contributed by atoms with van der Waals surface area (Å²) >= 11 is 0. The number of hydrogen-bond donors (Lipinski definition) is 1. The summed E-state index contributed by atoms with van der Waals surface area (Å²) in [6, 6.07) is 16.7. The minimum absolute atomic E-state index is 0.0542. The molecule has 2 aromatic rings. The van der Waals surface area contributed by atoms with Crippen molar-refractivity contribution in [3.8, 4) is 5.75 Å². The van der Waals surface area contributed by atoms with E-state index in [4.69, 9.17) is 4.74 Å². The van der Waals surface area contributed by atoms with E-state index in [2.05, 4.69) is 48.3 Å². The molecule has 0 aromatic heterocycles. The third-order valence-corrected chi connectivity index (χ3v) is 5.51. The number of hydrogen-bond acceptors (Lipinski definition) is 3. The first-order valence-electron chi connectivity index (χ1n) is 9.86. The molecule has 1 aliphatic heterocycles. The van der Waals surface area contributed by atoms with Gasteiger partial charge in [0, 0.05) is 24.7 Å². The molecule has 4 heteroatoms. The molecular formula is C23H30N2O2. The topological polar surface area (TPSA) is 41.6 Å². The van der Waals surface area contributed by atoms with Gasteiger partial charge in [0.25, 0.3) is 0 Å². The smallest absolute Gasteiger partial charge is 0.223 e. The van der Waals surface area contributed by atoms with E-state index in [1.54, 1.807) is 7.11 Å². The van der Waals surface area contributed by atoms with Crippen molar-refractivity contribution in [1.82, 2.24) is 5.32 Å². The zero-order valence-electron chi connectivity index (χ0n) is 16.6. The lowest BCUT2D eigenvalue weighted by molar-refractivity contribution is -0.126. The molecule has 1 amide bonds. The fraction of sp³-hybridized carbons (Fsp3) is 0.435. The van der Waals surface area contributed by atoms with Crippen molar-refractivity contribution in [3.05, 3.63) is 59.7 Å². The molecule has 0 spiro atoms. The highest BCUT2D eigenvalue weighted by atomic mass is 16.5. The monoisotopic (exact) mass is 366 g/mol. The van der Waals surface area contributed by atoms with Crippen LogP contribution in [0.3, 0.4) is 0 Å². The molecule has 2 aromatic carbocycles. The highest BCUT2D eigenvalue weighted by Crippen LogP contribution is 2.26. The molecule has 1 aliphatic rings. The molecule has 3 rings (SSSR count). The lowest BCUT2D eigenvalue weighted by Gasteiger charge is -2.33. The predicted octanol–water partition coefficient (Wildman–Crippen LogP) is 4.49. The summed E-state index contributed by atoms with van der Waals surface area (Å²) in [5, 5.41) is 3.25. The van der Waals surface area contributed by atoms with E-state index >= 15 is 0 Å². The molecule has 1 N–H and O–H groups in total. The van der Waals surface area contributed by atoms with Gasteiger partial charge in [-0.15, -0.1) is 0 Å². The molecule has 1 atom stereocenters. The Kier molecular flexibility index (Phi) is 6.38. The third-order valence-electron chi connectivity index (χ3n) is 5.51. The molecule has 0 unspecified atom stereocenters. The summed E-state index contributed by atoms with van der Waals surface area (Å²) in [7, 11) is 1.66. The van der Waals surface area contributed by atoms with Crippen LogP contribution in [0, 0.1) is 12.8 Å². The maximum atomic E-state index is 12.8. The first-order valence-corrected chi connectivity index (χ1v) is 9.86. The SMILES string of the molecule is CC[C@H](NC(=O)C1CCN(c2ccc(C)cc2)CC1)c1ccc(OC)cc1. The molecule has 27 heavy (non-hydrogen) atoms. The molecule has 0 saturated carbocycles. The second kappa shape index (κ2) is 8.94. The lowest BCUT2D eigenvalue weighted by Crippen LogP contribution is -2.41. The number of methoxy groups -OCH3 is 1. The molecular weight excluding hydrogens is 336 g/mol. The quantitative estimate of drug-likeness (QED) is 0.819. The average Bonchev–Trinajstić information content (AvgIpc) is 2.72. The molecule has 0 radical (unpaired) electrons. The Bertz CT molecular complexity index is 732. The van der Waals surface area contributed by atoms with Crippen LogP contribution in [0.2, 0.25) is 0 Å². The average molecular weight is 367 g/mol. The Hall–Kier alpha value is -2.49. The number of ether oxygens (including phenoxy) is 1. The van der Waals surface area contributed by atoms with Crippen LogP contribution < -0.4 is 15.0 Å². The van der Waals surface area contributed by atoms with Crippen molar-refractivity contribution >= 4 is 11.6 Å². The molecule has 144 valence electrons.